The predicted octanol–water partition coefficient (Wildman–Crippen LogP) is 3.73. The molecule has 0 radical (unpaired) electrons. The smallest absolute Gasteiger partial charge is 0.340 e. The SMILES string of the molecule is Cc1c(CC(=O)NCC2CCC(C(=O)[O-])CC2)c(=O)oc2cc3occ(-c4ccccc4)c3cc12. The molecule has 2 aromatic carbocycles. The third kappa shape index (κ3) is 4.58. The van der Waals surface area contributed by atoms with Crippen molar-refractivity contribution in [3.63, 3.8) is 0 Å². The molecule has 0 unspecified atom stereocenters. The Hall–Kier alpha value is -3.87. The Morgan fingerprint density at radius 2 is 1.77 bits per heavy atom. The van der Waals surface area contributed by atoms with E-state index in [1.807, 2.05) is 43.3 Å². The van der Waals surface area contributed by atoms with Gasteiger partial charge in [-0.2, -0.15) is 0 Å². The zero-order valence-corrected chi connectivity index (χ0v) is 19.5. The van der Waals surface area contributed by atoms with Crippen molar-refractivity contribution in [3.8, 4) is 11.1 Å². The molecule has 0 aliphatic heterocycles. The van der Waals surface area contributed by atoms with Gasteiger partial charge < -0.3 is 24.1 Å². The third-order valence-electron chi connectivity index (χ3n) is 7.17. The lowest BCUT2D eigenvalue weighted by atomic mass is 9.82. The van der Waals surface area contributed by atoms with Crippen LogP contribution in [0.25, 0.3) is 33.1 Å². The van der Waals surface area contributed by atoms with E-state index in [-0.39, 0.29) is 18.2 Å². The summed E-state index contributed by atoms with van der Waals surface area (Å²) in [5, 5.41) is 15.6. The Morgan fingerprint density at radius 3 is 2.49 bits per heavy atom. The number of benzene rings is 2. The van der Waals surface area contributed by atoms with Crippen LogP contribution in [0, 0.1) is 18.8 Å². The summed E-state index contributed by atoms with van der Waals surface area (Å²) in [6.07, 6.45) is 4.24. The molecule has 1 fully saturated rings. The van der Waals surface area contributed by atoms with Gasteiger partial charge in [0.05, 0.1) is 18.2 Å². The average Bonchev–Trinajstić information content (AvgIpc) is 3.28. The molecule has 0 atom stereocenters. The number of aliphatic carboxylic acids is 1. The van der Waals surface area contributed by atoms with Crippen LogP contribution in [-0.2, 0) is 16.0 Å². The number of amides is 1. The highest BCUT2D eigenvalue weighted by Gasteiger charge is 2.23. The van der Waals surface area contributed by atoms with E-state index in [4.69, 9.17) is 8.83 Å². The molecule has 2 heterocycles. The van der Waals surface area contributed by atoms with Crippen LogP contribution >= 0.6 is 0 Å². The molecule has 1 N–H and O–H groups in total. The lowest BCUT2D eigenvalue weighted by Crippen LogP contribution is -2.37. The number of hydrogen-bond donors (Lipinski definition) is 1. The maximum Gasteiger partial charge on any atom is 0.340 e. The van der Waals surface area contributed by atoms with Crippen LogP contribution in [0.3, 0.4) is 0 Å². The van der Waals surface area contributed by atoms with Gasteiger partial charge in [-0.1, -0.05) is 30.3 Å². The molecule has 7 heteroatoms. The summed E-state index contributed by atoms with van der Waals surface area (Å²) in [5.41, 5.74) is 3.52. The number of carbonyl (C=O) groups excluding carboxylic acids is 2. The van der Waals surface area contributed by atoms with Crippen molar-refractivity contribution >= 4 is 33.8 Å². The fraction of sp³-hybridized carbons (Fsp3) is 0.321. The van der Waals surface area contributed by atoms with E-state index in [9.17, 15) is 19.5 Å². The monoisotopic (exact) mass is 472 g/mol. The molecule has 35 heavy (non-hydrogen) atoms. The number of aryl methyl sites for hydroxylation is 1. The van der Waals surface area contributed by atoms with Gasteiger partial charge in [-0.15, -0.1) is 0 Å². The van der Waals surface area contributed by atoms with Crippen LogP contribution in [-0.4, -0.2) is 18.4 Å². The van der Waals surface area contributed by atoms with Crippen molar-refractivity contribution in [2.45, 2.75) is 39.0 Å². The second-order valence-corrected chi connectivity index (χ2v) is 9.37. The standard InChI is InChI=1S/C28H27NO6/c1-16-20-11-22-23(18-5-3-2-4-6-18)15-34-24(22)13-25(20)35-28(33)21(16)12-26(30)29-14-17-7-9-19(10-8-17)27(31)32/h2-6,11,13,15,17,19H,7-10,12,14H2,1H3,(H,29,30)(H,31,32)/p-1. The van der Waals surface area contributed by atoms with E-state index < -0.39 is 17.5 Å². The zero-order valence-electron chi connectivity index (χ0n) is 19.5. The van der Waals surface area contributed by atoms with Crippen LogP contribution in [0.2, 0.25) is 0 Å². The predicted molar refractivity (Wildman–Crippen MR) is 130 cm³/mol. The highest BCUT2D eigenvalue weighted by atomic mass is 16.4. The molecule has 4 aromatic rings. The van der Waals surface area contributed by atoms with E-state index in [0.29, 0.717) is 41.7 Å². The highest BCUT2D eigenvalue weighted by molar-refractivity contribution is 6.02. The number of carboxylic acid groups (broad SMARTS) is 1. The van der Waals surface area contributed by atoms with Gasteiger partial charge in [0.1, 0.15) is 11.2 Å². The quantitative estimate of drug-likeness (QED) is 0.428. The number of nitrogens with one attached hydrogen (secondary N) is 1. The summed E-state index contributed by atoms with van der Waals surface area (Å²) < 4.78 is 11.3. The fourth-order valence-electron chi connectivity index (χ4n) is 5.04. The van der Waals surface area contributed by atoms with Crippen LogP contribution < -0.4 is 16.0 Å². The number of carboxylic acids is 1. The third-order valence-corrected chi connectivity index (χ3v) is 7.17. The second kappa shape index (κ2) is 9.41. The lowest BCUT2D eigenvalue weighted by Gasteiger charge is -2.29. The topological polar surface area (TPSA) is 113 Å². The van der Waals surface area contributed by atoms with Gasteiger partial charge in [0.2, 0.25) is 5.91 Å². The zero-order chi connectivity index (χ0) is 24.5. The molecule has 0 spiro atoms. The van der Waals surface area contributed by atoms with Crippen molar-refractivity contribution in [2.75, 3.05) is 6.54 Å². The summed E-state index contributed by atoms with van der Waals surface area (Å²) in [7, 11) is 0. The first-order valence-electron chi connectivity index (χ1n) is 11.9. The summed E-state index contributed by atoms with van der Waals surface area (Å²) >= 11 is 0. The van der Waals surface area contributed by atoms with Crippen LogP contribution in [0.4, 0.5) is 0 Å². The van der Waals surface area contributed by atoms with Crippen LogP contribution in [0.5, 0.6) is 0 Å². The molecule has 0 bridgehead atoms. The summed E-state index contributed by atoms with van der Waals surface area (Å²) in [6, 6.07) is 13.6. The molecule has 2 aromatic heterocycles. The highest BCUT2D eigenvalue weighted by Crippen LogP contribution is 2.34. The molecule has 1 aliphatic carbocycles. The van der Waals surface area contributed by atoms with E-state index in [0.717, 1.165) is 34.7 Å². The molecular weight excluding hydrogens is 446 g/mol. The maximum absolute atomic E-state index is 12.7. The number of fused-ring (bicyclic) bond motifs is 2. The van der Waals surface area contributed by atoms with Gasteiger partial charge in [0.15, 0.2) is 0 Å². The molecule has 5 rings (SSSR count). The molecule has 1 amide bonds. The first kappa shape index (κ1) is 22.9. The lowest BCUT2D eigenvalue weighted by molar-refractivity contribution is -0.312. The molecule has 1 aliphatic rings. The van der Waals surface area contributed by atoms with E-state index >= 15 is 0 Å². The summed E-state index contributed by atoms with van der Waals surface area (Å²) in [4.78, 5) is 36.4. The Kier molecular flexibility index (Phi) is 6.16. The van der Waals surface area contributed by atoms with Gasteiger partial charge in [-0.25, -0.2) is 4.79 Å². The Morgan fingerprint density at radius 1 is 1.03 bits per heavy atom. The number of furan rings is 1. The van der Waals surface area contributed by atoms with Gasteiger partial charge in [0.25, 0.3) is 0 Å². The van der Waals surface area contributed by atoms with Gasteiger partial charge in [-0.05, 0) is 61.6 Å². The molecular formula is C28H26NO6-. The minimum absolute atomic E-state index is 0.0759. The van der Waals surface area contributed by atoms with Crippen molar-refractivity contribution in [1.82, 2.24) is 5.32 Å². The van der Waals surface area contributed by atoms with Crippen molar-refractivity contribution in [3.05, 3.63) is 70.3 Å². The van der Waals surface area contributed by atoms with Crippen LogP contribution in [0.15, 0.2) is 62.4 Å². The summed E-state index contributed by atoms with van der Waals surface area (Å²) in [5.74, 6) is -1.41. The number of hydrogen-bond acceptors (Lipinski definition) is 6. The van der Waals surface area contributed by atoms with Gasteiger partial charge >= 0.3 is 5.63 Å². The normalized spacial score (nSPS) is 18.1. The van der Waals surface area contributed by atoms with E-state index in [1.54, 1.807) is 12.3 Å². The number of rotatable bonds is 6. The molecule has 1 saturated carbocycles. The largest absolute Gasteiger partial charge is 0.550 e. The fourth-order valence-corrected chi connectivity index (χ4v) is 5.04. The van der Waals surface area contributed by atoms with E-state index in [1.165, 1.54) is 0 Å². The van der Waals surface area contributed by atoms with Gasteiger partial charge in [-0.3, -0.25) is 4.79 Å². The maximum atomic E-state index is 12.7. The van der Waals surface area contributed by atoms with Crippen molar-refractivity contribution < 1.29 is 23.5 Å². The van der Waals surface area contributed by atoms with Crippen molar-refractivity contribution in [1.29, 1.82) is 0 Å². The molecule has 7 nitrogen and oxygen atoms in total. The number of carbonyl (C=O) groups is 2. The van der Waals surface area contributed by atoms with Gasteiger partial charge in [0, 0.05) is 34.9 Å². The molecule has 180 valence electrons. The molecule has 0 saturated heterocycles. The first-order chi connectivity index (χ1) is 16.9. The average molecular weight is 473 g/mol. The first-order valence-corrected chi connectivity index (χ1v) is 11.9. The second-order valence-electron chi connectivity index (χ2n) is 9.37. The minimum Gasteiger partial charge on any atom is -0.550 e. The van der Waals surface area contributed by atoms with Crippen LogP contribution in [0.1, 0.15) is 36.8 Å². The summed E-state index contributed by atoms with van der Waals surface area (Å²) in [6.45, 7) is 2.30. The Bertz CT molecular complexity index is 1460. The van der Waals surface area contributed by atoms with E-state index in [2.05, 4.69) is 5.32 Å². The van der Waals surface area contributed by atoms with Crippen molar-refractivity contribution in [2.24, 2.45) is 11.8 Å². The Balaban J connectivity index is 1.36. The minimum atomic E-state index is -0.991. The Labute approximate surface area is 201 Å².